The van der Waals surface area contributed by atoms with Crippen LogP contribution >= 0.6 is 0 Å². The van der Waals surface area contributed by atoms with Crippen molar-refractivity contribution in [2.24, 2.45) is 0 Å². The number of rotatable bonds is 3. The molecule has 0 aromatic heterocycles. The zero-order valence-corrected chi connectivity index (χ0v) is 9.70. The minimum atomic E-state index is 0.403. The zero-order valence-electron chi connectivity index (χ0n) is 9.70. The highest BCUT2D eigenvalue weighted by Crippen LogP contribution is 2.24. The van der Waals surface area contributed by atoms with Crippen molar-refractivity contribution in [3.05, 3.63) is 0 Å². The monoisotopic (exact) mass is 195 g/mol. The summed E-state index contributed by atoms with van der Waals surface area (Å²) >= 11 is 0. The Balaban J connectivity index is 2.55. The van der Waals surface area contributed by atoms with Gasteiger partial charge in [-0.05, 0) is 34.4 Å². The van der Waals surface area contributed by atoms with Gasteiger partial charge in [-0.15, -0.1) is 0 Å². The van der Waals surface area contributed by atoms with Crippen LogP contribution in [-0.4, -0.2) is 48.6 Å². The van der Waals surface area contributed by atoms with E-state index < -0.39 is 0 Å². The van der Waals surface area contributed by atoms with Gasteiger partial charge in [-0.3, -0.25) is 4.90 Å². The van der Waals surface area contributed by atoms with Crippen LogP contribution in [0.4, 0.5) is 0 Å². The smallest absolute Gasteiger partial charge is 0.0638 e. The average molecular weight is 195 g/mol. The summed E-state index contributed by atoms with van der Waals surface area (Å²) in [5, 5.41) is 8.67. The van der Waals surface area contributed by atoms with E-state index in [2.05, 4.69) is 43.8 Å². The van der Waals surface area contributed by atoms with Crippen LogP contribution in [0.15, 0.2) is 0 Å². The Kier molecular flexibility index (Phi) is 3.91. The van der Waals surface area contributed by atoms with Crippen molar-refractivity contribution < 1.29 is 0 Å². The van der Waals surface area contributed by atoms with Gasteiger partial charge in [0.15, 0.2) is 0 Å². The van der Waals surface area contributed by atoms with Gasteiger partial charge in [0.2, 0.25) is 0 Å². The summed E-state index contributed by atoms with van der Waals surface area (Å²) < 4.78 is 0. The Morgan fingerprint density at radius 3 is 2.64 bits per heavy atom. The molecule has 1 saturated heterocycles. The quantitative estimate of drug-likeness (QED) is 0.680. The van der Waals surface area contributed by atoms with Crippen LogP contribution in [0, 0.1) is 11.3 Å². The van der Waals surface area contributed by atoms with Crippen LogP contribution < -0.4 is 0 Å². The van der Waals surface area contributed by atoms with Crippen molar-refractivity contribution in [3.8, 4) is 6.07 Å². The molecule has 1 fully saturated rings. The summed E-state index contributed by atoms with van der Waals surface area (Å²) in [4.78, 5) is 4.75. The molecule has 1 aliphatic heterocycles. The maximum absolute atomic E-state index is 8.67. The molecule has 0 bridgehead atoms. The molecule has 0 amide bonds. The highest BCUT2D eigenvalue weighted by atomic mass is 15.3. The van der Waals surface area contributed by atoms with Crippen molar-refractivity contribution in [3.63, 3.8) is 0 Å². The Hall–Kier alpha value is -0.590. The maximum atomic E-state index is 8.67. The largest absolute Gasteiger partial charge is 0.305 e. The standard InChI is InChI=1S/C11H21N3/c1-9(5-7-12)14-8-6-11(10(14)2)13(3)4/h9-11H,5-6,8H2,1-4H3. The highest BCUT2D eigenvalue weighted by Gasteiger charge is 2.34. The third-order valence-corrected chi connectivity index (χ3v) is 3.38. The Morgan fingerprint density at radius 2 is 2.21 bits per heavy atom. The second-order valence-electron chi connectivity index (χ2n) is 4.51. The molecular weight excluding hydrogens is 174 g/mol. The van der Waals surface area contributed by atoms with Crippen LogP contribution in [0.25, 0.3) is 0 Å². The lowest BCUT2D eigenvalue weighted by atomic mass is 10.1. The Labute approximate surface area is 87.3 Å². The summed E-state index contributed by atoms with van der Waals surface area (Å²) in [5.41, 5.74) is 0. The van der Waals surface area contributed by atoms with E-state index in [4.69, 9.17) is 5.26 Å². The number of likely N-dealkylation sites (tertiary alicyclic amines) is 1. The lowest BCUT2D eigenvalue weighted by molar-refractivity contribution is 0.161. The van der Waals surface area contributed by atoms with Gasteiger partial charge in [-0.2, -0.15) is 5.26 Å². The molecular formula is C11H21N3. The summed E-state index contributed by atoms with van der Waals surface area (Å²) in [5.74, 6) is 0. The van der Waals surface area contributed by atoms with Crippen molar-refractivity contribution in [2.45, 2.75) is 44.8 Å². The van der Waals surface area contributed by atoms with Gasteiger partial charge in [-0.1, -0.05) is 0 Å². The fourth-order valence-corrected chi connectivity index (χ4v) is 2.51. The highest BCUT2D eigenvalue weighted by molar-refractivity contribution is 4.93. The summed E-state index contributed by atoms with van der Waals surface area (Å²) in [6.07, 6.45) is 1.87. The molecule has 3 heteroatoms. The predicted octanol–water partition coefficient (Wildman–Crippen LogP) is 1.31. The van der Waals surface area contributed by atoms with Gasteiger partial charge in [0.1, 0.15) is 0 Å². The second kappa shape index (κ2) is 4.77. The predicted molar refractivity (Wildman–Crippen MR) is 58.0 cm³/mol. The summed E-state index contributed by atoms with van der Waals surface area (Å²) in [7, 11) is 4.28. The van der Waals surface area contributed by atoms with Crippen LogP contribution in [0.5, 0.6) is 0 Å². The molecule has 14 heavy (non-hydrogen) atoms. The number of hydrogen-bond donors (Lipinski definition) is 0. The van der Waals surface area contributed by atoms with E-state index in [1.165, 1.54) is 6.42 Å². The van der Waals surface area contributed by atoms with Crippen LogP contribution in [0.1, 0.15) is 26.7 Å². The van der Waals surface area contributed by atoms with Crippen LogP contribution in [0.3, 0.4) is 0 Å². The molecule has 1 rings (SSSR count). The van der Waals surface area contributed by atoms with Gasteiger partial charge >= 0.3 is 0 Å². The van der Waals surface area contributed by atoms with Crippen molar-refractivity contribution in [2.75, 3.05) is 20.6 Å². The number of likely N-dealkylation sites (N-methyl/N-ethyl adjacent to an activating group) is 1. The van der Waals surface area contributed by atoms with Gasteiger partial charge < -0.3 is 4.90 Å². The SMILES string of the molecule is CC(CC#N)N1CCC(N(C)C)C1C. The van der Waals surface area contributed by atoms with Crippen LogP contribution in [0.2, 0.25) is 0 Å². The van der Waals surface area contributed by atoms with E-state index in [-0.39, 0.29) is 0 Å². The minimum Gasteiger partial charge on any atom is -0.305 e. The lowest BCUT2D eigenvalue weighted by Crippen LogP contribution is -2.43. The van der Waals surface area contributed by atoms with Crippen LogP contribution in [-0.2, 0) is 0 Å². The fourth-order valence-electron chi connectivity index (χ4n) is 2.51. The van der Waals surface area contributed by atoms with Gasteiger partial charge in [0.25, 0.3) is 0 Å². The van der Waals surface area contributed by atoms with E-state index in [1.807, 2.05) is 0 Å². The third-order valence-electron chi connectivity index (χ3n) is 3.38. The molecule has 3 unspecified atom stereocenters. The molecule has 0 radical (unpaired) electrons. The molecule has 3 nitrogen and oxygen atoms in total. The first kappa shape index (κ1) is 11.5. The summed E-state index contributed by atoms with van der Waals surface area (Å²) in [6, 6.07) is 3.88. The first-order valence-electron chi connectivity index (χ1n) is 5.37. The molecule has 0 aromatic carbocycles. The zero-order chi connectivity index (χ0) is 10.7. The summed E-state index contributed by atoms with van der Waals surface area (Å²) in [6.45, 7) is 5.55. The number of nitriles is 1. The van der Waals surface area contributed by atoms with E-state index in [0.717, 1.165) is 6.54 Å². The van der Waals surface area contributed by atoms with Gasteiger partial charge in [-0.25, -0.2) is 0 Å². The molecule has 1 aliphatic rings. The van der Waals surface area contributed by atoms with Gasteiger partial charge in [0, 0.05) is 24.7 Å². The van der Waals surface area contributed by atoms with Crippen molar-refractivity contribution >= 4 is 0 Å². The van der Waals surface area contributed by atoms with E-state index in [0.29, 0.717) is 24.5 Å². The molecule has 0 saturated carbocycles. The first-order chi connectivity index (χ1) is 6.57. The Bertz CT molecular complexity index is 219. The molecule has 0 spiro atoms. The lowest BCUT2D eigenvalue weighted by Gasteiger charge is -2.31. The second-order valence-corrected chi connectivity index (χ2v) is 4.51. The molecule has 0 N–H and O–H groups in total. The third kappa shape index (κ3) is 2.26. The molecule has 1 heterocycles. The molecule has 0 aromatic rings. The van der Waals surface area contributed by atoms with E-state index >= 15 is 0 Å². The van der Waals surface area contributed by atoms with E-state index in [1.54, 1.807) is 0 Å². The van der Waals surface area contributed by atoms with Crippen molar-refractivity contribution in [1.29, 1.82) is 5.26 Å². The maximum Gasteiger partial charge on any atom is 0.0638 e. The van der Waals surface area contributed by atoms with Crippen molar-refractivity contribution in [1.82, 2.24) is 9.80 Å². The minimum absolute atomic E-state index is 0.403. The fraction of sp³-hybridized carbons (Fsp3) is 0.909. The Morgan fingerprint density at radius 1 is 1.57 bits per heavy atom. The first-order valence-corrected chi connectivity index (χ1v) is 5.37. The molecule has 80 valence electrons. The number of nitrogens with zero attached hydrogens (tertiary/aromatic N) is 3. The topological polar surface area (TPSA) is 30.3 Å². The number of hydrogen-bond acceptors (Lipinski definition) is 3. The molecule has 0 aliphatic carbocycles. The average Bonchev–Trinajstić information content (AvgIpc) is 2.47. The molecule has 3 atom stereocenters. The van der Waals surface area contributed by atoms with E-state index in [9.17, 15) is 0 Å². The van der Waals surface area contributed by atoms with Gasteiger partial charge in [0.05, 0.1) is 12.5 Å². The normalized spacial score (nSPS) is 30.6.